The van der Waals surface area contributed by atoms with Gasteiger partial charge in [0.25, 0.3) is 5.91 Å². The molecule has 1 heterocycles. The van der Waals surface area contributed by atoms with Crippen molar-refractivity contribution >= 4 is 52.5 Å². The van der Waals surface area contributed by atoms with Crippen molar-refractivity contribution in [3.05, 3.63) is 99.5 Å². The first-order valence-electron chi connectivity index (χ1n) is 10.3. The molecule has 0 saturated carbocycles. The van der Waals surface area contributed by atoms with E-state index in [4.69, 9.17) is 23.2 Å². The highest BCUT2D eigenvalue weighted by molar-refractivity contribution is 6.32. The molecule has 3 aromatic carbocycles. The van der Waals surface area contributed by atoms with Crippen LogP contribution in [-0.2, 0) is 15.1 Å². The van der Waals surface area contributed by atoms with Crippen LogP contribution in [0.3, 0.4) is 0 Å². The average Bonchev–Trinajstić information content (AvgIpc) is 3.04. The average molecular weight is 496 g/mol. The molecule has 34 heavy (non-hydrogen) atoms. The lowest BCUT2D eigenvalue weighted by atomic mass is 9.92. The first-order chi connectivity index (χ1) is 16.2. The Balaban J connectivity index is 1.55. The molecular weight excluding hydrogens is 477 g/mol. The van der Waals surface area contributed by atoms with Crippen molar-refractivity contribution in [2.75, 3.05) is 11.9 Å². The Morgan fingerprint density at radius 2 is 1.65 bits per heavy atom. The number of carbonyl (C=O) groups is 4. The van der Waals surface area contributed by atoms with Crippen molar-refractivity contribution in [2.24, 2.45) is 0 Å². The van der Waals surface area contributed by atoms with Gasteiger partial charge in [-0.1, -0.05) is 71.7 Å². The second-order valence-electron chi connectivity index (χ2n) is 7.86. The molecule has 0 spiro atoms. The topological polar surface area (TPSA) is 95.6 Å². The highest BCUT2D eigenvalue weighted by Gasteiger charge is 2.50. The number of benzene rings is 3. The molecule has 172 valence electrons. The number of hydrogen-bond acceptors (Lipinski definition) is 4. The number of ketones is 1. The van der Waals surface area contributed by atoms with Crippen LogP contribution in [0.15, 0.2) is 72.8 Å². The molecule has 3 aromatic rings. The Morgan fingerprint density at radius 3 is 2.35 bits per heavy atom. The van der Waals surface area contributed by atoms with Crippen LogP contribution in [0.4, 0.5) is 10.5 Å². The minimum absolute atomic E-state index is 0.185. The summed E-state index contributed by atoms with van der Waals surface area (Å²) in [5, 5.41) is 5.87. The lowest BCUT2D eigenvalue weighted by Crippen LogP contribution is -2.42. The molecule has 0 bridgehead atoms. The van der Waals surface area contributed by atoms with Crippen molar-refractivity contribution in [3.8, 4) is 0 Å². The molecule has 1 unspecified atom stereocenters. The van der Waals surface area contributed by atoms with Gasteiger partial charge in [-0.05, 0) is 31.2 Å². The number of anilines is 1. The first kappa shape index (κ1) is 23.5. The fourth-order valence-electron chi connectivity index (χ4n) is 3.78. The van der Waals surface area contributed by atoms with Gasteiger partial charge in [0.15, 0.2) is 5.78 Å². The molecule has 2 N–H and O–H groups in total. The Kier molecular flexibility index (Phi) is 6.41. The number of hydrogen-bond donors (Lipinski definition) is 2. The molecule has 0 radical (unpaired) electrons. The molecule has 1 aliphatic rings. The summed E-state index contributed by atoms with van der Waals surface area (Å²) < 4.78 is 0. The van der Waals surface area contributed by atoms with Gasteiger partial charge in [0.2, 0.25) is 5.91 Å². The Bertz CT molecular complexity index is 1310. The highest BCUT2D eigenvalue weighted by atomic mass is 35.5. The SMILES string of the molecule is CC1(c2ccccc2Cl)NC(=O)N(CC(=O)Nc2ccc(Cl)cc2C(=O)c2ccccc2)C1=O. The third kappa shape index (κ3) is 4.40. The maximum Gasteiger partial charge on any atom is 0.325 e. The highest BCUT2D eigenvalue weighted by Crippen LogP contribution is 2.33. The quantitative estimate of drug-likeness (QED) is 0.384. The standard InChI is InChI=1S/C25H19Cl2N3O4/c1-25(18-9-5-6-10-19(18)27)23(33)30(24(34)29-25)14-21(31)28-20-12-11-16(26)13-17(20)22(32)15-7-3-2-4-8-15/h2-13H,14H2,1H3,(H,28,31)(H,29,34). The van der Waals surface area contributed by atoms with Crippen molar-refractivity contribution in [1.29, 1.82) is 0 Å². The Labute approximate surface area is 205 Å². The second kappa shape index (κ2) is 9.29. The van der Waals surface area contributed by atoms with E-state index < -0.39 is 29.9 Å². The molecule has 4 amide bonds. The fraction of sp³-hybridized carbons (Fsp3) is 0.120. The summed E-state index contributed by atoms with van der Waals surface area (Å²) in [5.74, 6) is -1.60. The number of nitrogens with zero attached hydrogens (tertiary/aromatic N) is 1. The first-order valence-corrected chi connectivity index (χ1v) is 11.0. The number of rotatable bonds is 6. The minimum Gasteiger partial charge on any atom is -0.324 e. The van der Waals surface area contributed by atoms with Crippen molar-refractivity contribution < 1.29 is 19.2 Å². The van der Waals surface area contributed by atoms with Crippen LogP contribution in [-0.4, -0.2) is 35.1 Å². The maximum atomic E-state index is 13.1. The van der Waals surface area contributed by atoms with Crippen molar-refractivity contribution in [1.82, 2.24) is 10.2 Å². The molecule has 0 aliphatic carbocycles. The van der Waals surface area contributed by atoms with Gasteiger partial charge in [-0.25, -0.2) is 4.79 Å². The number of halogens is 2. The molecule has 1 atom stereocenters. The summed E-state index contributed by atoms with van der Waals surface area (Å²) >= 11 is 12.3. The van der Waals surface area contributed by atoms with E-state index >= 15 is 0 Å². The molecule has 9 heteroatoms. The van der Waals surface area contributed by atoms with Crippen LogP contribution in [0, 0.1) is 0 Å². The molecule has 1 saturated heterocycles. The summed E-state index contributed by atoms with van der Waals surface area (Å²) in [6, 6.07) is 19.0. The van der Waals surface area contributed by atoms with E-state index in [2.05, 4.69) is 10.6 Å². The van der Waals surface area contributed by atoms with Crippen LogP contribution in [0.25, 0.3) is 0 Å². The number of amides is 4. The van der Waals surface area contributed by atoms with Gasteiger partial charge in [-0.2, -0.15) is 0 Å². The van der Waals surface area contributed by atoms with Crippen molar-refractivity contribution in [2.45, 2.75) is 12.5 Å². The van der Waals surface area contributed by atoms with Gasteiger partial charge in [0, 0.05) is 26.7 Å². The van der Waals surface area contributed by atoms with Gasteiger partial charge < -0.3 is 10.6 Å². The zero-order valence-corrected chi connectivity index (χ0v) is 19.5. The normalized spacial score (nSPS) is 17.4. The molecule has 7 nitrogen and oxygen atoms in total. The third-order valence-electron chi connectivity index (χ3n) is 5.53. The maximum absolute atomic E-state index is 13.1. The zero-order chi connectivity index (χ0) is 24.5. The predicted octanol–water partition coefficient (Wildman–Crippen LogP) is 4.63. The van der Waals surface area contributed by atoms with Gasteiger partial charge in [0.1, 0.15) is 12.1 Å². The van der Waals surface area contributed by atoms with E-state index in [0.717, 1.165) is 4.90 Å². The summed E-state index contributed by atoms with van der Waals surface area (Å²) in [6.45, 7) is 0.981. The molecule has 1 aliphatic heterocycles. The van der Waals surface area contributed by atoms with Gasteiger partial charge in [-0.3, -0.25) is 19.3 Å². The number of imide groups is 1. The van der Waals surface area contributed by atoms with E-state index in [1.54, 1.807) is 54.6 Å². The van der Waals surface area contributed by atoms with Gasteiger partial charge in [0.05, 0.1) is 5.69 Å². The molecule has 0 aromatic heterocycles. The lowest BCUT2D eigenvalue weighted by molar-refractivity contribution is -0.133. The summed E-state index contributed by atoms with van der Waals surface area (Å²) in [4.78, 5) is 52.3. The Hall–Kier alpha value is -3.68. The van der Waals surface area contributed by atoms with Crippen LogP contribution in [0.2, 0.25) is 10.0 Å². The van der Waals surface area contributed by atoms with Crippen LogP contribution >= 0.6 is 23.2 Å². The van der Waals surface area contributed by atoms with Crippen LogP contribution < -0.4 is 10.6 Å². The van der Waals surface area contributed by atoms with Gasteiger partial charge in [-0.15, -0.1) is 0 Å². The monoisotopic (exact) mass is 495 g/mol. The van der Waals surface area contributed by atoms with Crippen LogP contribution in [0.1, 0.15) is 28.4 Å². The zero-order valence-electron chi connectivity index (χ0n) is 18.0. The largest absolute Gasteiger partial charge is 0.325 e. The van der Waals surface area contributed by atoms with E-state index in [0.29, 0.717) is 21.2 Å². The molecule has 1 fully saturated rings. The smallest absolute Gasteiger partial charge is 0.324 e. The van der Waals surface area contributed by atoms with E-state index in [1.165, 1.54) is 25.1 Å². The summed E-state index contributed by atoms with van der Waals surface area (Å²) in [7, 11) is 0. The molecular formula is C25H19Cl2N3O4. The number of nitrogens with one attached hydrogen (secondary N) is 2. The minimum atomic E-state index is -1.41. The number of urea groups is 1. The van der Waals surface area contributed by atoms with Gasteiger partial charge >= 0.3 is 6.03 Å². The lowest BCUT2D eigenvalue weighted by Gasteiger charge is -2.23. The second-order valence-corrected chi connectivity index (χ2v) is 8.70. The fourth-order valence-corrected chi connectivity index (χ4v) is 4.28. The molecule has 4 rings (SSSR count). The van der Waals surface area contributed by atoms with Crippen molar-refractivity contribution in [3.63, 3.8) is 0 Å². The summed E-state index contributed by atoms with van der Waals surface area (Å²) in [5.41, 5.74) is -0.171. The Morgan fingerprint density at radius 1 is 0.971 bits per heavy atom. The van der Waals surface area contributed by atoms with E-state index in [-0.39, 0.29) is 17.0 Å². The third-order valence-corrected chi connectivity index (χ3v) is 6.09. The number of carbonyl (C=O) groups excluding carboxylic acids is 4. The van der Waals surface area contributed by atoms with E-state index in [9.17, 15) is 19.2 Å². The van der Waals surface area contributed by atoms with Crippen LogP contribution in [0.5, 0.6) is 0 Å². The predicted molar refractivity (Wildman–Crippen MR) is 129 cm³/mol. The summed E-state index contributed by atoms with van der Waals surface area (Å²) in [6.07, 6.45) is 0. The van der Waals surface area contributed by atoms with E-state index in [1.807, 2.05) is 0 Å².